The van der Waals surface area contributed by atoms with Crippen molar-refractivity contribution in [1.82, 2.24) is 5.32 Å². The van der Waals surface area contributed by atoms with Gasteiger partial charge in [-0.15, -0.1) is 0 Å². The first-order valence-corrected chi connectivity index (χ1v) is 9.34. The maximum atomic E-state index is 12.5. The fourth-order valence-corrected chi connectivity index (χ4v) is 3.36. The van der Waals surface area contributed by atoms with Crippen molar-refractivity contribution >= 4 is 15.9 Å². The lowest BCUT2D eigenvalue weighted by atomic mass is 9.93. The minimum absolute atomic E-state index is 0.0418. The Morgan fingerprint density at radius 1 is 1.17 bits per heavy atom. The molecule has 2 aromatic carbocycles. The van der Waals surface area contributed by atoms with Gasteiger partial charge in [0.15, 0.2) is 0 Å². The van der Waals surface area contributed by atoms with Crippen LogP contribution in [0.2, 0.25) is 0 Å². The predicted molar refractivity (Wildman–Crippen MR) is 92.0 cm³/mol. The fraction of sp³-hybridized carbons (Fsp3) is 0.278. The molecule has 0 radical (unpaired) electrons. The van der Waals surface area contributed by atoms with Crippen molar-refractivity contribution in [3.8, 4) is 0 Å². The number of hydrogen-bond acceptors (Lipinski definition) is 3. The Kier molecular flexibility index (Phi) is 4.19. The lowest BCUT2D eigenvalue weighted by molar-refractivity contribution is 0.0949. The molecule has 1 fully saturated rings. The zero-order chi connectivity index (χ0) is 17.4. The molecule has 1 aliphatic carbocycles. The number of benzene rings is 2. The largest absolute Gasteiger partial charge is 0.348 e. The molecule has 24 heavy (non-hydrogen) atoms. The number of primary sulfonamides is 1. The molecule has 126 valence electrons. The van der Waals surface area contributed by atoms with E-state index in [0.29, 0.717) is 11.1 Å². The van der Waals surface area contributed by atoms with Gasteiger partial charge in [-0.2, -0.15) is 0 Å². The summed E-state index contributed by atoms with van der Waals surface area (Å²) in [4.78, 5) is 12.6. The minimum Gasteiger partial charge on any atom is -0.348 e. The Hall–Kier alpha value is -2.18. The van der Waals surface area contributed by atoms with Crippen LogP contribution < -0.4 is 10.5 Å². The van der Waals surface area contributed by atoms with Gasteiger partial charge in [-0.3, -0.25) is 4.79 Å². The summed E-state index contributed by atoms with van der Waals surface area (Å²) in [6, 6.07) is 13.9. The van der Waals surface area contributed by atoms with Crippen molar-refractivity contribution in [2.45, 2.75) is 36.6 Å². The highest BCUT2D eigenvalue weighted by atomic mass is 32.2. The molecule has 3 N–H and O–H groups in total. The van der Waals surface area contributed by atoms with Gasteiger partial charge in [0.1, 0.15) is 0 Å². The standard InChI is InChI=1S/C18H20N2O3S/c1-18(9-10-18)16-8-3-2-7-15(16)17(21)20-12-13-5-4-6-14(11-13)24(19,22)23/h2-8,11H,9-10,12H2,1H3,(H,20,21)(H2,19,22,23). The second-order valence-electron chi connectivity index (χ2n) is 6.48. The van der Waals surface area contributed by atoms with E-state index in [4.69, 9.17) is 5.14 Å². The van der Waals surface area contributed by atoms with Gasteiger partial charge in [-0.25, -0.2) is 13.6 Å². The summed E-state index contributed by atoms with van der Waals surface area (Å²) >= 11 is 0. The highest BCUT2D eigenvalue weighted by Crippen LogP contribution is 2.48. The zero-order valence-electron chi connectivity index (χ0n) is 13.5. The van der Waals surface area contributed by atoms with Crippen LogP contribution in [0.5, 0.6) is 0 Å². The van der Waals surface area contributed by atoms with Crippen molar-refractivity contribution in [3.63, 3.8) is 0 Å². The van der Waals surface area contributed by atoms with Gasteiger partial charge in [-0.05, 0) is 47.6 Å². The van der Waals surface area contributed by atoms with Crippen LogP contribution in [0.15, 0.2) is 53.4 Å². The van der Waals surface area contributed by atoms with Gasteiger partial charge >= 0.3 is 0 Å². The summed E-state index contributed by atoms with van der Waals surface area (Å²) in [5.74, 6) is -0.153. The third kappa shape index (κ3) is 3.49. The second-order valence-corrected chi connectivity index (χ2v) is 8.04. The summed E-state index contributed by atoms with van der Waals surface area (Å²) in [6.07, 6.45) is 2.18. The average molecular weight is 344 g/mol. The predicted octanol–water partition coefficient (Wildman–Crippen LogP) is 2.32. The second kappa shape index (κ2) is 6.03. The van der Waals surface area contributed by atoms with Crippen molar-refractivity contribution in [3.05, 3.63) is 65.2 Å². The number of nitrogens with two attached hydrogens (primary N) is 1. The van der Waals surface area contributed by atoms with E-state index in [2.05, 4.69) is 12.2 Å². The van der Waals surface area contributed by atoms with Crippen molar-refractivity contribution < 1.29 is 13.2 Å². The Bertz CT molecular complexity index is 887. The van der Waals surface area contributed by atoms with E-state index >= 15 is 0 Å². The highest BCUT2D eigenvalue weighted by molar-refractivity contribution is 7.89. The molecule has 1 saturated carbocycles. The first kappa shape index (κ1) is 16.7. The highest BCUT2D eigenvalue weighted by Gasteiger charge is 2.41. The van der Waals surface area contributed by atoms with Crippen LogP contribution in [0.4, 0.5) is 0 Å². The molecular formula is C18H20N2O3S. The van der Waals surface area contributed by atoms with E-state index in [9.17, 15) is 13.2 Å². The number of carbonyl (C=O) groups is 1. The number of carbonyl (C=O) groups excluding carboxylic acids is 1. The normalized spacial score (nSPS) is 15.8. The van der Waals surface area contributed by atoms with Crippen LogP contribution in [0.1, 0.15) is 41.3 Å². The monoisotopic (exact) mass is 344 g/mol. The number of hydrogen-bond donors (Lipinski definition) is 2. The zero-order valence-corrected chi connectivity index (χ0v) is 14.3. The molecule has 0 saturated heterocycles. The minimum atomic E-state index is -3.75. The summed E-state index contributed by atoms with van der Waals surface area (Å²) in [5, 5.41) is 7.99. The van der Waals surface area contributed by atoms with Gasteiger partial charge in [0, 0.05) is 12.1 Å². The van der Waals surface area contributed by atoms with E-state index in [1.165, 1.54) is 12.1 Å². The summed E-state index contributed by atoms with van der Waals surface area (Å²) < 4.78 is 22.8. The van der Waals surface area contributed by atoms with Gasteiger partial charge in [0.05, 0.1) is 4.90 Å². The third-order valence-electron chi connectivity index (χ3n) is 4.50. The maximum Gasteiger partial charge on any atom is 0.251 e. The molecule has 0 spiro atoms. The van der Waals surface area contributed by atoms with Crippen LogP contribution in [0, 0.1) is 0 Å². The number of nitrogens with one attached hydrogen (secondary N) is 1. The third-order valence-corrected chi connectivity index (χ3v) is 5.41. The van der Waals surface area contributed by atoms with Crippen LogP contribution in [0.25, 0.3) is 0 Å². The Morgan fingerprint density at radius 2 is 1.88 bits per heavy atom. The molecule has 1 aliphatic rings. The molecule has 2 aromatic rings. The molecule has 0 unspecified atom stereocenters. The summed E-state index contributed by atoms with van der Waals surface area (Å²) in [6.45, 7) is 2.40. The number of sulfonamides is 1. The molecule has 0 bridgehead atoms. The van der Waals surface area contributed by atoms with Crippen LogP contribution >= 0.6 is 0 Å². The smallest absolute Gasteiger partial charge is 0.251 e. The molecule has 0 aromatic heterocycles. The van der Waals surface area contributed by atoms with Gasteiger partial charge in [-0.1, -0.05) is 37.3 Å². The quantitative estimate of drug-likeness (QED) is 0.872. The van der Waals surface area contributed by atoms with E-state index < -0.39 is 10.0 Å². The maximum absolute atomic E-state index is 12.5. The molecule has 0 heterocycles. The lowest BCUT2D eigenvalue weighted by Crippen LogP contribution is -2.25. The summed E-state index contributed by atoms with van der Waals surface area (Å²) in [5.41, 5.74) is 2.53. The van der Waals surface area contributed by atoms with Crippen molar-refractivity contribution in [2.24, 2.45) is 5.14 Å². The van der Waals surface area contributed by atoms with Crippen molar-refractivity contribution in [1.29, 1.82) is 0 Å². The SMILES string of the molecule is CC1(c2ccccc2C(=O)NCc2cccc(S(N)(=O)=O)c2)CC1. The fourth-order valence-electron chi connectivity index (χ4n) is 2.77. The van der Waals surface area contributed by atoms with E-state index in [1.807, 2.05) is 24.3 Å². The molecule has 1 amide bonds. The topological polar surface area (TPSA) is 89.3 Å². The van der Waals surface area contributed by atoms with Gasteiger partial charge < -0.3 is 5.32 Å². The number of rotatable bonds is 5. The van der Waals surface area contributed by atoms with E-state index in [-0.39, 0.29) is 22.8 Å². The van der Waals surface area contributed by atoms with Crippen LogP contribution in [-0.4, -0.2) is 14.3 Å². The summed E-state index contributed by atoms with van der Waals surface area (Å²) in [7, 11) is -3.75. The first-order valence-electron chi connectivity index (χ1n) is 7.79. The molecule has 6 heteroatoms. The van der Waals surface area contributed by atoms with Gasteiger partial charge in [0.25, 0.3) is 5.91 Å². The Morgan fingerprint density at radius 3 is 2.54 bits per heavy atom. The molecular weight excluding hydrogens is 324 g/mol. The Balaban J connectivity index is 1.76. The van der Waals surface area contributed by atoms with Crippen LogP contribution in [0.3, 0.4) is 0 Å². The number of amides is 1. The average Bonchev–Trinajstić information content (AvgIpc) is 3.31. The molecule has 5 nitrogen and oxygen atoms in total. The Labute approximate surface area is 141 Å². The van der Waals surface area contributed by atoms with Crippen LogP contribution in [-0.2, 0) is 22.0 Å². The van der Waals surface area contributed by atoms with Crippen molar-refractivity contribution in [2.75, 3.05) is 0 Å². The van der Waals surface area contributed by atoms with Gasteiger partial charge in [0.2, 0.25) is 10.0 Å². The lowest BCUT2D eigenvalue weighted by Gasteiger charge is -2.15. The van der Waals surface area contributed by atoms with E-state index in [0.717, 1.165) is 18.4 Å². The molecule has 3 rings (SSSR count). The molecule has 0 atom stereocenters. The van der Waals surface area contributed by atoms with E-state index in [1.54, 1.807) is 12.1 Å². The molecule has 0 aliphatic heterocycles. The first-order chi connectivity index (χ1) is 11.3.